The van der Waals surface area contributed by atoms with Crippen LogP contribution in [0.3, 0.4) is 0 Å². The Balaban J connectivity index is 0.000000924. The van der Waals surface area contributed by atoms with Crippen molar-refractivity contribution in [3.05, 3.63) is 42.0 Å². The fraction of sp³-hybridized carbons (Fsp3) is 0.294. The highest BCUT2D eigenvalue weighted by atomic mass is 19.4. The number of benzene rings is 2. The van der Waals surface area contributed by atoms with Crippen molar-refractivity contribution in [2.45, 2.75) is 26.6 Å². The number of nitrogen functional groups attached to an aromatic ring is 1. The molecule has 1 aliphatic heterocycles. The molecule has 1 heterocycles. The predicted octanol–water partition coefficient (Wildman–Crippen LogP) is 4.80. The van der Waals surface area contributed by atoms with E-state index in [-0.39, 0.29) is 5.75 Å². The van der Waals surface area contributed by atoms with E-state index >= 15 is 0 Å². The molecule has 0 radical (unpaired) electrons. The summed E-state index contributed by atoms with van der Waals surface area (Å²) in [5, 5.41) is 0. The van der Waals surface area contributed by atoms with Gasteiger partial charge < -0.3 is 15.2 Å². The predicted molar refractivity (Wildman–Crippen MR) is 83.5 cm³/mol. The molecule has 0 saturated heterocycles. The molecule has 2 N–H and O–H groups in total. The molecule has 0 fully saturated rings. The topological polar surface area (TPSA) is 44.5 Å². The van der Waals surface area contributed by atoms with Crippen LogP contribution in [-0.4, -0.2) is 13.0 Å². The zero-order chi connectivity index (χ0) is 17.0. The van der Waals surface area contributed by atoms with Crippen LogP contribution in [0, 0.1) is 0 Å². The van der Waals surface area contributed by atoms with Crippen LogP contribution in [0.25, 0.3) is 11.1 Å². The molecule has 0 atom stereocenters. The minimum atomic E-state index is -4.69. The maximum absolute atomic E-state index is 12.1. The normalized spacial score (nSPS) is 12.7. The molecule has 3 rings (SSSR count). The van der Waals surface area contributed by atoms with E-state index in [2.05, 4.69) is 4.74 Å². The van der Waals surface area contributed by atoms with Crippen molar-refractivity contribution in [1.29, 1.82) is 0 Å². The number of hydrogen-bond acceptors (Lipinski definition) is 3. The van der Waals surface area contributed by atoms with Crippen LogP contribution < -0.4 is 15.2 Å². The van der Waals surface area contributed by atoms with Crippen LogP contribution in [0.15, 0.2) is 36.4 Å². The van der Waals surface area contributed by atoms with Gasteiger partial charge in [-0.2, -0.15) is 0 Å². The lowest BCUT2D eigenvalue weighted by molar-refractivity contribution is -0.274. The number of rotatable bonds is 2. The van der Waals surface area contributed by atoms with Gasteiger partial charge in [0.25, 0.3) is 0 Å². The molecule has 3 nitrogen and oxygen atoms in total. The third-order valence-electron chi connectivity index (χ3n) is 3.20. The second-order valence-corrected chi connectivity index (χ2v) is 4.73. The summed E-state index contributed by atoms with van der Waals surface area (Å²) < 4.78 is 45.9. The first kappa shape index (κ1) is 17.0. The van der Waals surface area contributed by atoms with E-state index < -0.39 is 6.36 Å². The second-order valence-electron chi connectivity index (χ2n) is 4.73. The molecule has 2 aromatic carbocycles. The van der Waals surface area contributed by atoms with Gasteiger partial charge in [-0.1, -0.05) is 26.0 Å². The van der Waals surface area contributed by atoms with Crippen molar-refractivity contribution in [2.24, 2.45) is 0 Å². The fourth-order valence-electron chi connectivity index (χ4n) is 2.38. The van der Waals surface area contributed by atoms with E-state index in [4.69, 9.17) is 10.5 Å². The van der Waals surface area contributed by atoms with Crippen molar-refractivity contribution in [1.82, 2.24) is 0 Å². The maximum atomic E-state index is 12.1. The Morgan fingerprint density at radius 3 is 2.35 bits per heavy atom. The van der Waals surface area contributed by atoms with Crippen LogP contribution in [-0.2, 0) is 6.42 Å². The zero-order valence-corrected chi connectivity index (χ0v) is 12.9. The highest BCUT2D eigenvalue weighted by Crippen LogP contribution is 2.39. The molecule has 0 aliphatic carbocycles. The number of alkyl halides is 3. The van der Waals surface area contributed by atoms with Crippen molar-refractivity contribution in [3.63, 3.8) is 0 Å². The number of nitrogens with two attached hydrogens (primary N) is 1. The van der Waals surface area contributed by atoms with E-state index in [9.17, 15) is 13.2 Å². The Morgan fingerprint density at radius 2 is 1.74 bits per heavy atom. The van der Waals surface area contributed by atoms with Crippen LogP contribution in [0.5, 0.6) is 11.5 Å². The highest BCUT2D eigenvalue weighted by molar-refractivity contribution is 5.77. The third-order valence-corrected chi connectivity index (χ3v) is 3.20. The molecule has 6 heteroatoms. The lowest BCUT2D eigenvalue weighted by Crippen LogP contribution is -2.16. The van der Waals surface area contributed by atoms with Crippen molar-refractivity contribution in [2.75, 3.05) is 12.3 Å². The lowest BCUT2D eigenvalue weighted by atomic mass is 10.00. The Labute approximate surface area is 132 Å². The minimum Gasteiger partial charge on any atom is -0.492 e. The summed E-state index contributed by atoms with van der Waals surface area (Å²) in [4.78, 5) is 0. The summed E-state index contributed by atoms with van der Waals surface area (Å²) in [5.74, 6) is 0.487. The summed E-state index contributed by atoms with van der Waals surface area (Å²) in [6.45, 7) is 4.58. The molecule has 2 aromatic rings. The van der Waals surface area contributed by atoms with E-state index in [1.54, 1.807) is 18.2 Å². The Hall–Kier alpha value is -2.37. The van der Waals surface area contributed by atoms with Gasteiger partial charge in [-0.15, -0.1) is 13.2 Å². The van der Waals surface area contributed by atoms with Gasteiger partial charge in [0.2, 0.25) is 0 Å². The van der Waals surface area contributed by atoms with Crippen LogP contribution in [0.1, 0.15) is 19.4 Å². The smallest absolute Gasteiger partial charge is 0.492 e. The average Bonchev–Trinajstić information content (AvgIpc) is 2.96. The molecule has 0 bridgehead atoms. The van der Waals surface area contributed by atoms with E-state index in [1.165, 1.54) is 12.1 Å². The number of fused-ring (bicyclic) bond motifs is 1. The first-order chi connectivity index (χ1) is 10.9. The number of halogens is 3. The largest absolute Gasteiger partial charge is 0.573 e. The summed E-state index contributed by atoms with van der Waals surface area (Å²) >= 11 is 0. The molecule has 0 unspecified atom stereocenters. The van der Waals surface area contributed by atoms with Gasteiger partial charge in [-0.05, 0) is 29.8 Å². The van der Waals surface area contributed by atoms with E-state index in [0.717, 1.165) is 28.9 Å². The van der Waals surface area contributed by atoms with Crippen molar-refractivity contribution < 1.29 is 22.6 Å². The van der Waals surface area contributed by atoms with E-state index in [1.807, 2.05) is 19.9 Å². The Bertz CT molecular complexity index is 667. The second kappa shape index (κ2) is 6.81. The standard InChI is InChI=1S/C15H12F3NO2.C2H6/c16-15(17,18)21-12-3-1-9(2-4-12)13-8-11(19)7-10-5-6-20-14(10)13;1-2/h1-4,7-8H,5-6,19H2;1-2H3. The summed E-state index contributed by atoms with van der Waals surface area (Å²) in [6.07, 6.45) is -3.91. The van der Waals surface area contributed by atoms with Gasteiger partial charge in [0.1, 0.15) is 11.5 Å². The average molecular weight is 325 g/mol. The zero-order valence-electron chi connectivity index (χ0n) is 12.9. The van der Waals surface area contributed by atoms with Gasteiger partial charge >= 0.3 is 6.36 Å². The molecular formula is C17H18F3NO2. The molecular weight excluding hydrogens is 307 g/mol. The van der Waals surface area contributed by atoms with Crippen molar-refractivity contribution in [3.8, 4) is 22.6 Å². The Kier molecular flexibility index (Phi) is 5.03. The number of hydrogen-bond donors (Lipinski definition) is 1. The monoisotopic (exact) mass is 325 g/mol. The van der Waals surface area contributed by atoms with Crippen LogP contribution >= 0.6 is 0 Å². The number of anilines is 1. The van der Waals surface area contributed by atoms with Gasteiger partial charge in [-0.3, -0.25) is 0 Å². The quantitative estimate of drug-likeness (QED) is 0.807. The van der Waals surface area contributed by atoms with E-state index in [0.29, 0.717) is 12.3 Å². The van der Waals surface area contributed by atoms with Crippen molar-refractivity contribution >= 4 is 5.69 Å². The van der Waals surface area contributed by atoms with Crippen LogP contribution in [0.2, 0.25) is 0 Å². The van der Waals surface area contributed by atoms with Gasteiger partial charge in [-0.25, -0.2) is 0 Å². The first-order valence-electron chi connectivity index (χ1n) is 7.34. The molecule has 0 amide bonds. The van der Waals surface area contributed by atoms with Gasteiger partial charge in [0.05, 0.1) is 6.61 Å². The molecule has 0 spiro atoms. The summed E-state index contributed by atoms with van der Waals surface area (Å²) in [7, 11) is 0. The fourth-order valence-corrected chi connectivity index (χ4v) is 2.38. The molecule has 124 valence electrons. The SMILES string of the molecule is CC.Nc1cc2c(c(-c3ccc(OC(F)(F)F)cc3)c1)OCC2. The molecule has 23 heavy (non-hydrogen) atoms. The minimum absolute atomic E-state index is 0.257. The highest BCUT2D eigenvalue weighted by Gasteiger charge is 2.31. The number of ether oxygens (including phenoxy) is 2. The molecule has 0 aromatic heterocycles. The Morgan fingerprint density at radius 1 is 1.09 bits per heavy atom. The first-order valence-corrected chi connectivity index (χ1v) is 7.34. The maximum Gasteiger partial charge on any atom is 0.573 e. The van der Waals surface area contributed by atoms with Crippen LogP contribution in [0.4, 0.5) is 18.9 Å². The lowest BCUT2D eigenvalue weighted by Gasteiger charge is -2.12. The molecule has 0 saturated carbocycles. The van der Waals surface area contributed by atoms with Gasteiger partial charge in [0, 0.05) is 23.2 Å². The molecule has 1 aliphatic rings. The van der Waals surface area contributed by atoms with Gasteiger partial charge in [0.15, 0.2) is 0 Å². The summed E-state index contributed by atoms with van der Waals surface area (Å²) in [5.41, 5.74) is 8.98. The summed E-state index contributed by atoms with van der Waals surface area (Å²) in [6, 6.07) is 9.26. The third kappa shape index (κ3) is 4.09.